The van der Waals surface area contributed by atoms with Crippen LogP contribution in [0.5, 0.6) is 5.75 Å². The SMILES string of the molecule is COc1ccc(CN2CC(C(=O)NC3CCNC3)CC2=O)cc1.Cl. The average Bonchev–Trinajstić information content (AvgIpc) is 3.18. The largest absolute Gasteiger partial charge is 0.497 e. The molecule has 2 N–H and O–H groups in total. The smallest absolute Gasteiger partial charge is 0.225 e. The van der Waals surface area contributed by atoms with Crippen molar-refractivity contribution in [1.82, 2.24) is 15.5 Å². The first-order valence-corrected chi connectivity index (χ1v) is 8.07. The van der Waals surface area contributed by atoms with Crippen LogP contribution in [0.2, 0.25) is 0 Å². The third-order valence-corrected chi connectivity index (χ3v) is 4.52. The zero-order chi connectivity index (χ0) is 16.2. The molecule has 6 nitrogen and oxygen atoms in total. The molecule has 24 heavy (non-hydrogen) atoms. The van der Waals surface area contributed by atoms with Crippen LogP contribution in [0, 0.1) is 5.92 Å². The molecule has 0 radical (unpaired) electrons. The van der Waals surface area contributed by atoms with Crippen molar-refractivity contribution < 1.29 is 14.3 Å². The van der Waals surface area contributed by atoms with E-state index < -0.39 is 0 Å². The monoisotopic (exact) mass is 353 g/mol. The molecule has 0 spiro atoms. The lowest BCUT2D eigenvalue weighted by molar-refractivity contribution is -0.129. The van der Waals surface area contributed by atoms with Gasteiger partial charge in [0.05, 0.1) is 13.0 Å². The van der Waals surface area contributed by atoms with Gasteiger partial charge in [-0.1, -0.05) is 12.1 Å². The number of halogens is 1. The van der Waals surface area contributed by atoms with Gasteiger partial charge >= 0.3 is 0 Å². The molecule has 2 aliphatic rings. The number of carbonyl (C=O) groups is 2. The maximum atomic E-state index is 12.3. The standard InChI is InChI=1S/C17H23N3O3.ClH/c1-23-15-4-2-12(3-5-15)10-20-11-13(8-16(20)21)17(22)19-14-6-7-18-9-14;/h2-5,13-14,18H,6-11H2,1H3,(H,19,22);1H. The maximum absolute atomic E-state index is 12.3. The Hall–Kier alpha value is -1.79. The van der Waals surface area contributed by atoms with Gasteiger partial charge in [0.25, 0.3) is 0 Å². The molecule has 2 aliphatic heterocycles. The third-order valence-electron chi connectivity index (χ3n) is 4.52. The topological polar surface area (TPSA) is 70.7 Å². The van der Waals surface area contributed by atoms with Crippen molar-refractivity contribution in [3.8, 4) is 5.75 Å². The van der Waals surface area contributed by atoms with E-state index >= 15 is 0 Å². The van der Waals surface area contributed by atoms with E-state index in [1.165, 1.54) is 0 Å². The van der Waals surface area contributed by atoms with E-state index in [2.05, 4.69) is 10.6 Å². The molecule has 0 aliphatic carbocycles. The Morgan fingerprint density at radius 2 is 2.12 bits per heavy atom. The van der Waals surface area contributed by atoms with Gasteiger partial charge in [-0.2, -0.15) is 0 Å². The lowest BCUT2D eigenvalue weighted by atomic mass is 10.1. The van der Waals surface area contributed by atoms with Gasteiger partial charge in [-0.25, -0.2) is 0 Å². The number of methoxy groups -OCH3 is 1. The number of rotatable bonds is 5. The lowest BCUT2D eigenvalue weighted by Crippen LogP contribution is -2.40. The third kappa shape index (κ3) is 4.39. The van der Waals surface area contributed by atoms with Gasteiger partial charge in [0.15, 0.2) is 0 Å². The number of nitrogens with one attached hydrogen (secondary N) is 2. The molecule has 7 heteroatoms. The minimum atomic E-state index is -0.235. The van der Waals surface area contributed by atoms with Crippen molar-refractivity contribution in [2.75, 3.05) is 26.7 Å². The summed E-state index contributed by atoms with van der Waals surface area (Å²) in [6.45, 7) is 2.80. The van der Waals surface area contributed by atoms with Crippen molar-refractivity contribution in [3.05, 3.63) is 29.8 Å². The number of amides is 2. The summed E-state index contributed by atoms with van der Waals surface area (Å²) in [4.78, 5) is 26.2. The van der Waals surface area contributed by atoms with Crippen molar-refractivity contribution in [2.24, 2.45) is 5.92 Å². The zero-order valence-corrected chi connectivity index (χ0v) is 14.6. The Kier molecular flexibility index (Phi) is 6.45. The van der Waals surface area contributed by atoms with Gasteiger partial charge in [0, 0.05) is 32.1 Å². The molecule has 0 bridgehead atoms. The minimum Gasteiger partial charge on any atom is -0.497 e. The van der Waals surface area contributed by atoms with Gasteiger partial charge < -0.3 is 20.3 Å². The van der Waals surface area contributed by atoms with Crippen molar-refractivity contribution in [3.63, 3.8) is 0 Å². The van der Waals surface area contributed by atoms with Crippen LogP contribution in [0.4, 0.5) is 0 Å². The Balaban J connectivity index is 0.00000208. The second-order valence-electron chi connectivity index (χ2n) is 6.22. The lowest BCUT2D eigenvalue weighted by Gasteiger charge is -2.18. The molecule has 2 amide bonds. The molecule has 0 saturated carbocycles. The van der Waals surface area contributed by atoms with Gasteiger partial charge in [-0.05, 0) is 30.7 Å². The van der Waals surface area contributed by atoms with Crippen LogP contribution >= 0.6 is 12.4 Å². The number of carbonyl (C=O) groups excluding carboxylic acids is 2. The molecule has 3 rings (SSSR count). The Morgan fingerprint density at radius 3 is 2.75 bits per heavy atom. The van der Waals surface area contributed by atoms with Crippen LogP contribution in [0.3, 0.4) is 0 Å². The van der Waals surface area contributed by atoms with E-state index in [-0.39, 0.29) is 36.2 Å². The number of benzene rings is 1. The summed E-state index contributed by atoms with van der Waals surface area (Å²) in [5.41, 5.74) is 1.04. The van der Waals surface area contributed by atoms with E-state index in [4.69, 9.17) is 4.74 Å². The molecule has 2 saturated heterocycles. The number of ether oxygens (including phenoxy) is 1. The Morgan fingerprint density at radius 1 is 1.38 bits per heavy atom. The van der Waals surface area contributed by atoms with Crippen LogP contribution < -0.4 is 15.4 Å². The summed E-state index contributed by atoms with van der Waals surface area (Å²) in [6, 6.07) is 7.86. The summed E-state index contributed by atoms with van der Waals surface area (Å²) in [5.74, 6) is 0.611. The number of hydrogen-bond acceptors (Lipinski definition) is 4. The summed E-state index contributed by atoms with van der Waals surface area (Å²) in [7, 11) is 1.63. The second-order valence-corrected chi connectivity index (χ2v) is 6.22. The fraction of sp³-hybridized carbons (Fsp3) is 0.529. The summed E-state index contributed by atoms with van der Waals surface area (Å²) in [6.07, 6.45) is 1.27. The molecule has 132 valence electrons. The molecular formula is C17H24ClN3O3. The van der Waals surface area contributed by atoms with Crippen LogP contribution in [0.15, 0.2) is 24.3 Å². The molecule has 2 unspecified atom stereocenters. The predicted molar refractivity (Wildman–Crippen MR) is 93.2 cm³/mol. The van der Waals surface area contributed by atoms with Gasteiger partial charge in [-0.3, -0.25) is 9.59 Å². The quantitative estimate of drug-likeness (QED) is 0.826. The van der Waals surface area contributed by atoms with E-state index in [0.717, 1.165) is 30.8 Å². The average molecular weight is 354 g/mol. The molecule has 2 atom stereocenters. The van der Waals surface area contributed by atoms with Gasteiger partial charge in [0.2, 0.25) is 11.8 Å². The number of nitrogens with zero attached hydrogens (tertiary/aromatic N) is 1. The van der Waals surface area contributed by atoms with Crippen LogP contribution in [-0.4, -0.2) is 49.5 Å². The molecule has 0 aromatic heterocycles. The first-order valence-electron chi connectivity index (χ1n) is 8.07. The highest BCUT2D eigenvalue weighted by Crippen LogP contribution is 2.21. The van der Waals surface area contributed by atoms with E-state index in [1.54, 1.807) is 12.0 Å². The number of hydrogen-bond donors (Lipinski definition) is 2. The van der Waals surface area contributed by atoms with E-state index in [0.29, 0.717) is 19.5 Å². The highest BCUT2D eigenvalue weighted by atomic mass is 35.5. The first kappa shape index (κ1) is 18.5. The van der Waals surface area contributed by atoms with Crippen LogP contribution in [-0.2, 0) is 16.1 Å². The van der Waals surface area contributed by atoms with Crippen molar-refractivity contribution in [2.45, 2.75) is 25.4 Å². The highest BCUT2D eigenvalue weighted by molar-refractivity contribution is 5.89. The molecule has 2 fully saturated rings. The maximum Gasteiger partial charge on any atom is 0.225 e. The minimum absolute atomic E-state index is 0. The van der Waals surface area contributed by atoms with E-state index in [1.807, 2.05) is 24.3 Å². The summed E-state index contributed by atoms with van der Waals surface area (Å²) in [5, 5.41) is 6.27. The van der Waals surface area contributed by atoms with Gasteiger partial charge in [-0.15, -0.1) is 12.4 Å². The Bertz CT molecular complexity index is 573. The van der Waals surface area contributed by atoms with Crippen LogP contribution in [0.25, 0.3) is 0 Å². The Labute approximate surface area is 148 Å². The van der Waals surface area contributed by atoms with Gasteiger partial charge in [0.1, 0.15) is 5.75 Å². The molecule has 2 heterocycles. The summed E-state index contributed by atoms with van der Waals surface area (Å²) < 4.78 is 5.13. The number of likely N-dealkylation sites (tertiary alicyclic amines) is 1. The first-order chi connectivity index (χ1) is 11.2. The highest BCUT2D eigenvalue weighted by Gasteiger charge is 2.35. The molecule has 1 aromatic rings. The predicted octanol–water partition coefficient (Wildman–Crippen LogP) is 0.944. The molecular weight excluding hydrogens is 330 g/mol. The van der Waals surface area contributed by atoms with Crippen LogP contribution in [0.1, 0.15) is 18.4 Å². The fourth-order valence-corrected chi connectivity index (χ4v) is 3.15. The fourth-order valence-electron chi connectivity index (χ4n) is 3.15. The van der Waals surface area contributed by atoms with Crippen molar-refractivity contribution in [1.29, 1.82) is 0 Å². The van der Waals surface area contributed by atoms with E-state index in [9.17, 15) is 9.59 Å². The van der Waals surface area contributed by atoms with Crippen molar-refractivity contribution >= 4 is 24.2 Å². The molecule has 1 aromatic carbocycles. The normalized spacial score (nSPS) is 23.0. The zero-order valence-electron chi connectivity index (χ0n) is 13.8. The second kappa shape index (κ2) is 8.35. The summed E-state index contributed by atoms with van der Waals surface area (Å²) >= 11 is 0.